The number of anilines is 1. The van der Waals surface area contributed by atoms with Crippen LogP contribution in [0.3, 0.4) is 0 Å². The molecule has 1 N–H and O–H groups in total. The Balaban J connectivity index is 2.19. The summed E-state index contributed by atoms with van der Waals surface area (Å²) in [6.07, 6.45) is 3.75. The minimum atomic E-state index is 0.572. The van der Waals surface area contributed by atoms with Crippen LogP contribution in [0, 0.1) is 11.3 Å². The van der Waals surface area contributed by atoms with Crippen molar-refractivity contribution in [1.29, 1.82) is 5.26 Å². The van der Waals surface area contributed by atoms with Crippen LogP contribution >= 0.6 is 15.9 Å². The SMILES string of the molecule is N#Cc1cc(Br)ccc1NC1CCC1. The first-order valence-corrected chi connectivity index (χ1v) is 5.55. The maximum Gasteiger partial charge on any atom is 0.101 e. The van der Waals surface area contributed by atoms with Gasteiger partial charge in [0.05, 0.1) is 11.3 Å². The number of benzene rings is 1. The molecule has 2 rings (SSSR count). The van der Waals surface area contributed by atoms with E-state index in [2.05, 4.69) is 27.3 Å². The highest BCUT2D eigenvalue weighted by Crippen LogP contribution is 2.26. The van der Waals surface area contributed by atoms with Crippen LogP contribution < -0.4 is 5.32 Å². The first-order valence-electron chi connectivity index (χ1n) is 4.76. The van der Waals surface area contributed by atoms with E-state index in [9.17, 15) is 0 Å². The van der Waals surface area contributed by atoms with Gasteiger partial charge in [-0.15, -0.1) is 0 Å². The summed E-state index contributed by atoms with van der Waals surface area (Å²) in [5, 5.41) is 12.3. The molecule has 1 aliphatic carbocycles. The molecule has 1 aromatic rings. The molecule has 1 aliphatic rings. The van der Waals surface area contributed by atoms with Crippen molar-refractivity contribution in [3.05, 3.63) is 28.2 Å². The van der Waals surface area contributed by atoms with E-state index in [1.165, 1.54) is 19.3 Å². The summed E-state index contributed by atoms with van der Waals surface area (Å²) in [5.74, 6) is 0. The third kappa shape index (κ3) is 1.91. The molecule has 0 unspecified atom stereocenters. The second kappa shape index (κ2) is 4.02. The van der Waals surface area contributed by atoms with Crippen molar-refractivity contribution in [2.24, 2.45) is 0 Å². The summed E-state index contributed by atoms with van der Waals surface area (Å²) < 4.78 is 0.952. The summed E-state index contributed by atoms with van der Waals surface area (Å²) in [7, 11) is 0. The quantitative estimate of drug-likeness (QED) is 0.875. The van der Waals surface area contributed by atoms with Crippen molar-refractivity contribution in [3.63, 3.8) is 0 Å². The predicted octanol–water partition coefficient (Wildman–Crippen LogP) is 3.29. The summed E-state index contributed by atoms with van der Waals surface area (Å²) in [6, 6.07) is 8.54. The number of halogens is 1. The molecule has 2 nitrogen and oxygen atoms in total. The molecule has 0 aromatic heterocycles. The van der Waals surface area contributed by atoms with E-state index in [1.807, 2.05) is 18.2 Å². The molecule has 0 radical (unpaired) electrons. The Labute approximate surface area is 92.1 Å². The lowest BCUT2D eigenvalue weighted by Crippen LogP contribution is -2.27. The molecule has 14 heavy (non-hydrogen) atoms. The number of rotatable bonds is 2. The van der Waals surface area contributed by atoms with Crippen LogP contribution in [0.2, 0.25) is 0 Å². The van der Waals surface area contributed by atoms with Crippen LogP contribution in [0.25, 0.3) is 0 Å². The van der Waals surface area contributed by atoms with Gasteiger partial charge < -0.3 is 5.32 Å². The fraction of sp³-hybridized carbons (Fsp3) is 0.364. The average molecular weight is 251 g/mol. The van der Waals surface area contributed by atoms with Gasteiger partial charge in [0.15, 0.2) is 0 Å². The van der Waals surface area contributed by atoms with Crippen LogP contribution in [0.5, 0.6) is 0 Å². The number of nitrogens with zero attached hydrogens (tertiary/aromatic N) is 1. The van der Waals surface area contributed by atoms with Crippen LogP contribution in [-0.2, 0) is 0 Å². The lowest BCUT2D eigenvalue weighted by atomic mass is 9.92. The topological polar surface area (TPSA) is 35.8 Å². The Hall–Kier alpha value is -1.01. The van der Waals surface area contributed by atoms with Crippen molar-refractivity contribution in [2.45, 2.75) is 25.3 Å². The molecule has 0 aliphatic heterocycles. The van der Waals surface area contributed by atoms with E-state index in [4.69, 9.17) is 5.26 Å². The lowest BCUT2D eigenvalue weighted by Gasteiger charge is -2.27. The summed E-state index contributed by atoms with van der Waals surface area (Å²) in [6.45, 7) is 0. The molecule has 1 saturated carbocycles. The monoisotopic (exact) mass is 250 g/mol. The smallest absolute Gasteiger partial charge is 0.101 e. The van der Waals surface area contributed by atoms with Gasteiger partial charge in [0.2, 0.25) is 0 Å². The zero-order chi connectivity index (χ0) is 9.97. The first-order chi connectivity index (χ1) is 6.79. The van der Waals surface area contributed by atoms with Crippen LogP contribution in [0.1, 0.15) is 24.8 Å². The van der Waals surface area contributed by atoms with Crippen LogP contribution in [0.4, 0.5) is 5.69 Å². The van der Waals surface area contributed by atoms with E-state index in [1.54, 1.807) is 0 Å². The maximum atomic E-state index is 8.94. The third-order valence-electron chi connectivity index (χ3n) is 2.57. The number of nitriles is 1. The van der Waals surface area contributed by atoms with Crippen LogP contribution in [0.15, 0.2) is 22.7 Å². The maximum absolute atomic E-state index is 8.94. The van der Waals surface area contributed by atoms with E-state index >= 15 is 0 Å². The van der Waals surface area contributed by atoms with E-state index < -0.39 is 0 Å². The van der Waals surface area contributed by atoms with Gasteiger partial charge in [-0.05, 0) is 37.5 Å². The highest BCUT2D eigenvalue weighted by atomic mass is 79.9. The molecule has 1 aromatic carbocycles. The zero-order valence-corrected chi connectivity index (χ0v) is 9.34. The molecule has 0 atom stereocenters. The molecular weight excluding hydrogens is 240 g/mol. The van der Waals surface area contributed by atoms with Gasteiger partial charge in [0, 0.05) is 10.5 Å². The van der Waals surface area contributed by atoms with Gasteiger partial charge in [-0.25, -0.2) is 0 Å². The molecule has 0 spiro atoms. The van der Waals surface area contributed by atoms with Gasteiger partial charge in [-0.1, -0.05) is 15.9 Å². The zero-order valence-electron chi connectivity index (χ0n) is 7.76. The first kappa shape index (κ1) is 9.54. The summed E-state index contributed by atoms with van der Waals surface area (Å²) in [4.78, 5) is 0. The normalized spacial score (nSPS) is 15.7. The lowest BCUT2D eigenvalue weighted by molar-refractivity contribution is 0.445. The van der Waals surface area contributed by atoms with Crippen molar-refractivity contribution < 1.29 is 0 Å². The Bertz CT molecular complexity index is 377. The number of hydrogen-bond acceptors (Lipinski definition) is 2. The molecule has 1 fully saturated rings. The van der Waals surface area contributed by atoms with Crippen molar-refractivity contribution >= 4 is 21.6 Å². The van der Waals surface area contributed by atoms with Gasteiger partial charge in [0.1, 0.15) is 6.07 Å². The summed E-state index contributed by atoms with van der Waals surface area (Å²) >= 11 is 3.36. The summed E-state index contributed by atoms with van der Waals surface area (Å²) in [5.41, 5.74) is 1.67. The van der Waals surface area contributed by atoms with Crippen molar-refractivity contribution in [1.82, 2.24) is 0 Å². The Kier molecular flexibility index (Phi) is 2.74. The molecular formula is C11H11BrN2. The second-order valence-corrected chi connectivity index (χ2v) is 4.49. The fourth-order valence-electron chi connectivity index (χ4n) is 1.51. The van der Waals surface area contributed by atoms with Gasteiger partial charge in [-0.2, -0.15) is 5.26 Å². The van der Waals surface area contributed by atoms with E-state index in [0.29, 0.717) is 11.6 Å². The second-order valence-electron chi connectivity index (χ2n) is 3.57. The van der Waals surface area contributed by atoms with Gasteiger partial charge in [-0.3, -0.25) is 0 Å². The molecule has 0 bridgehead atoms. The standard InChI is InChI=1S/C11H11BrN2/c12-9-4-5-11(8(6-9)7-13)14-10-2-1-3-10/h4-6,10,14H,1-3H2. The predicted molar refractivity (Wildman–Crippen MR) is 60.1 cm³/mol. The van der Waals surface area contributed by atoms with Crippen molar-refractivity contribution in [3.8, 4) is 6.07 Å². The molecule has 0 amide bonds. The Morgan fingerprint density at radius 1 is 1.43 bits per heavy atom. The van der Waals surface area contributed by atoms with Crippen LogP contribution in [-0.4, -0.2) is 6.04 Å². The minimum Gasteiger partial charge on any atom is -0.381 e. The Morgan fingerprint density at radius 3 is 2.79 bits per heavy atom. The van der Waals surface area contributed by atoms with E-state index in [0.717, 1.165) is 10.2 Å². The van der Waals surface area contributed by atoms with Crippen molar-refractivity contribution in [2.75, 3.05) is 5.32 Å². The van der Waals surface area contributed by atoms with Gasteiger partial charge >= 0.3 is 0 Å². The third-order valence-corrected chi connectivity index (χ3v) is 3.06. The molecule has 3 heteroatoms. The molecule has 72 valence electrons. The molecule has 0 saturated heterocycles. The fourth-order valence-corrected chi connectivity index (χ4v) is 1.87. The Morgan fingerprint density at radius 2 is 2.21 bits per heavy atom. The number of nitrogens with one attached hydrogen (secondary N) is 1. The molecule has 0 heterocycles. The number of hydrogen-bond donors (Lipinski definition) is 1. The minimum absolute atomic E-state index is 0.572. The average Bonchev–Trinajstić information content (AvgIpc) is 2.13. The van der Waals surface area contributed by atoms with Gasteiger partial charge in [0.25, 0.3) is 0 Å². The largest absolute Gasteiger partial charge is 0.381 e. The highest BCUT2D eigenvalue weighted by molar-refractivity contribution is 9.10. The highest BCUT2D eigenvalue weighted by Gasteiger charge is 2.17. The van der Waals surface area contributed by atoms with E-state index in [-0.39, 0.29) is 0 Å².